The van der Waals surface area contributed by atoms with Gasteiger partial charge in [-0.2, -0.15) is 0 Å². The van der Waals surface area contributed by atoms with Gasteiger partial charge in [-0.05, 0) is 56.4 Å². The van der Waals surface area contributed by atoms with Gasteiger partial charge in [0.2, 0.25) is 0 Å². The summed E-state index contributed by atoms with van der Waals surface area (Å²) in [5.74, 6) is 0.749. The van der Waals surface area contributed by atoms with Crippen molar-refractivity contribution >= 4 is 5.78 Å². The highest BCUT2D eigenvalue weighted by Gasteiger charge is 2.47. The molecule has 0 aromatic heterocycles. The quantitative estimate of drug-likeness (QED) is 0.914. The van der Waals surface area contributed by atoms with Crippen LogP contribution in [-0.4, -0.2) is 16.5 Å². The summed E-state index contributed by atoms with van der Waals surface area (Å²) in [6.07, 6.45) is 7.30. The van der Waals surface area contributed by atoms with Gasteiger partial charge in [0.05, 0.1) is 5.60 Å². The molecule has 3 rings (SSSR count). The monoisotopic (exact) mass is 272 g/mol. The average molecular weight is 272 g/mol. The Bertz CT molecular complexity index is 468. The maximum Gasteiger partial charge on any atom is 0.136 e. The lowest BCUT2D eigenvalue weighted by Crippen LogP contribution is -2.49. The molecule has 0 bridgehead atoms. The van der Waals surface area contributed by atoms with Gasteiger partial charge in [0, 0.05) is 12.3 Å². The molecule has 2 heteroatoms. The van der Waals surface area contributed by atoms with E-state index in [4.69, 9.17) is 0 Å². The first-order valence-electron chi connectivity index (χ1n) is 7.98. The average Bonchev–Trinajstić information content (AvgIpc) is 2.48. The second kappa shape index (κ2) is 5.69. The van der Waals surface area contributed by atoms with E-state index < -0.39 is 5.60 Å². The van der Waals surface area contributed by atoms with Crippen LogP contribution in [0.1, 0.15) is 50.5 Å². The largest absolute Gasteiger partial charge is 0.390 e. The summed E-state index contributed by atoms with van der Waals surface area (Å²) in [5.41, 5.74) is 0.666. The standard InChI is InChI=1S/C18H24O2/c19-17-10-4-9-16-15(17)8-5-12-18(16,20)13-11-14-6-2-1-3-7-14/h1-3,6-7,15-16,20H,4-5,8-13H2/t15-,16+,18+/m0/s1. The molecule has 0 saturated heterocycles. The fourth-order valence-corrected chi connectivity index (χ4v) is 4.24. The fourth-order valence-electron chi connectivity index (χ4n) is 4.24. The first kappa shape index (κ1) is 13.8. The summed E-state index contributed by atoms with van der Waals surface area (Å²) in [7, 11) is 0. The van der Waals surface area contributed by atoms with E-state index in [0.717, 1.165) is 51.4 Å². The van der Waals surface area contributed by atoms with Gasteiger partial charge in [0.25, 0.3) is 0 Å². The van der Waals surface area contributed by atoms with E-state index in [1.807, 2.05) is 18.2 Å². The first-order valence-corrected chi connectivity index (χ1v) is 7.98. The molecule has 0 radical (unpaired) electrons. The molecule has 20 heavy (non-hydrogen) atoms. The van der Waals surface area contributed by atoms with Gasteiger partial charge in [-0.3, -0.25) is 4.79 Å². The van der Waals surface area contributed by atoms with Crippen LogP contribution in [0.3, 0.4) is 0 Å². The smallest absolute Gasteiger partial charge is 0.136 e. The van der Waals surface area contributed by atoms with Crippen LogP contribution in [0.4, 0.5) is 0 Å². The summed E-state index contributed by atoms with van der Waals surface area (Å²) < 4.78 is 0. The molecule has 0 spiro atoms. The number of carbonyl (C=O) groups excluding carboxylic acids is 1. The third-order valence-electron chi connectivity index (χ3n) is 5.34. The zero-order valence-electron chi connectivity index (χ0n) is 12.1. The Labute approximate surface area is 121 Å². The molecule has 2 aliphatic rings. The van der Waals surface area contributed by atoms with Crippen LogP contribution >= 0.6 is 0 Å². The van der Waals surface area contributed by atoms with Crippen LogP contribution in [0, 0.1) is 11.8 Å². The molecular weight excluding hydrogens is 248 g/mol. The number of rotatable bonds is 3. The van der Waals surface area contributed by atoms with Crippen molar-refractivity contribution in [1.29, 1.82) is 0 Å². The van der Waals surface area contributed by atoms with E-state index in [-0.39, 0.29) is 11.8 Å². The summed E-state index contributed by atoms with van der Waals surface area (Å²) in [6.45, 7) is 0. The number of carbonyl (C=O) groups is 1. The van der Waals surface area contributed by atoms with Crippen molar-refractivity contribution in [2.75, 3.05) is 0 Å². The second-order valence-electron chi connectivity index (χ2n) is 6.55. The predicted octanol–water partition coefficient (Wildman–Crippen LogP) is 3.52. The van der Waals surface area contributed by atoms with Crippen molar-refractivity contribution in [2.24, 2.45) is 11.8 Å². The molecule has 2 aliphatic carbocycles. The molecule has 1 aromatic rings. The number of aliphatic hydroxyl groups is 1. The lowest BCUT2D eigenvalue weighted by atomic mass is 9.61. The van der Waals surface area contributed by atoms with Crippen LogP contribution in [0.25, 0.3) is 0 Å². The highest BCUT2D eigenvalue weighted by atomic mass is 16.3. The normalized spacial score (nSPS) is 33.8. The highest BCUT2D eigenvalue weighted by Crippen LogP contribution is 2.46. The molecule has 2 nitrogen and oxygen atoms in total. The van der Waals surface area contributed by atoms with Crippen LogP contribution in [0.15, 0.2) is 30.3 Å². The number of benzene rings is 1. The van der Waals surface area contributed by atoms with E-state index in [1.165, 1.54) is 5.56 Å². The molecule has 0 amide bonds. The molecule has 2 saturated carbocycles. The van der Waals surface area contributed by atoms with Gasteiger partial charge in [0.1, 0.15) is 5.78 Å². The number of hydrogen-bond acceptors (Lipinski definition) is 2. The number of fused-ring (bicyclic) bond motifs is 1. The van der Waals surface area contributed by atoms with Crippen molar-refractivity contribution in [3.05, 3.63) is 35.9 Å². The first-order chi connectivity index (χ1) is 9.69. The number of ketones is 1. The number of Topliss-reactive ketones (excluding diaryl/α,β-unsaturated/α-hetero) is 1. The van der Waals surface area contributed by atoms with Crippen molar-refractivity contribution in [3.8, 4) is 0 Å². The molecule has 2 fully saturated rings. The molecule has 1 N–H and O–H groups in total. The van der Waals surface area contributed by atoms with Gasteiger partial charge in [-0.15, -0.1) is 0 Å². The van der Waals surface area contributed by atoms with Crippen LogP contribution in [0.2, 0.25) is 0 Å². The van der Waals surface area contributed by atoms with E-state index in [2.05, 4.69) is 12.1 Å². The van der Waals surface area contributed by atoms with Crippen LogP contribution in [-0.2, 0) is 11.2 Å². The summed E-state index contributed by atoms with van der Waals surface area (Å²) in [5, 5.41) is 11.1. The molecular formula is C18H24O2. The second-order valence-corrected chi connectivity index (χ2v) is 6.55. The Hall–Kier alpha value is -1.15. The molecule has 3 atom stereocenters. The lowest BCUT2D eigenvalue weighted by Gasteiger charge is -2.46. The maximum absolute atomic E-state index is 12.1. The highest BCUT2D eigenvalue weighted by molar-refractivity contribution is 5.82. The molecule has 108 valence electrons. The summed E-state index contributed by atoms with van der Waals surface area (Å²) >= 11 is 0. The van der Waals surface area contributed by atoms with E-state index in [9.17, 15) is 9.90 Å². The zero-order valence-corrected chi connectivity index (χ0v) is 12.1. The minimum atomic E-state index is -0.616. The number of aryl methyl sites for hydroxylation is 1. The third kappa shape index (κ3) is 2.67. The minimum Gasteiger partial charge on any atom is -0.390 e. The van der Waals surface area contributed by atoms with Crippen LogP contribution in [0.5, 0.6) is 0 Å². The van der Waals surface area contributed by atoms with Gasteiger partial charge in [0.15, 0.2) is 0 Å². The third-order valence-corrected chi connectivity index (χ3v) is 5.34. The molecule has 0 heterocycles. The summed E-state index contributed by atoms with van der Waals surface area (Å²) in [6, 6.07) is 10.4. The SMILES string of the molecule is O=C1CCC[C@@H]2[C@@H]1CCC[C@@]2(O)CCc1ccccc1. The summed E-state index contributed by atoms with van der Waals surface area (Å²) in [4.78, 5) is 12.1. The molecule has 0 aliphatic heterocycles. The topological polar surface area (TPSA) is 37.3 Å². The molecule has 0 unspecified atom stereocenters. The Morgan fingerprint density at radius 3 is 2.75 bits per heavy atom. The molecule has 1 aromatic carbocycles. The van der Waals surface area contributed by atoms with Gasteiger partial charge in [-0.1, -0.05) is 30.3 Å². The Morgan fingerprint density at radius 2 is 1.95 bits per heavy atom. The van der Waals surface area contributed by atoms with Gasteiger partial charge >= 0.3 is 0 Å². The van der Waals surface area contributed by atoms with E-state index in [0.29, 0.717) is 5.78 Å². The van der Waals surface area contributed by atoms with Crippen molar-refractivity contribution < 1.29 is 9.90 Å². The maximum atomic E-state index is 12.1. The predicted molar refractivity (Wildman–Crippen MR) is 79.4 cm³/mol. The van der Waals surface area contributed by atoms with E-state index >= 15 is 0 Å². The Morgan fingerprint density at radius 1 is 1.15 bits per heavy atom. The Balaban J connectivity index is 1.71. The number of hydrogen-bond donors (Lipinski definition) is 1. The Kier molecular flexibility index (Phi) is 3.93. The van der Waals surface area contributed by atoms with Crippen LogP contribution < -0.4 is 0 Å². The van der Waals surface area contributed by atoms with Gasteiger partial charge < -0.3 is 5.11 Å². The van der Waals surface area contributed by atoms with E-state index in [1.54, 1.807) is 0 Å². The van der Waals surface area contributed by atoms with Gasteiger partial charge in [-0.25, -0.2) is 0 Å². The lowest BCUT2D eigenvalue weighted by molar-refractivity contribution is -0.142. The van der Waals surface area contributed by atoms with Crippen molar-refractivity contribution in [2.45, 2.75) is 57.0 Å². The van der Waals surface area contributed by atoms with Crippen molar-refractivity contribution in [3.63, 3.8) is 0 Å². The minimum absolute atomic E-state index is 0.137. The fraction of sp³-hybridized carbons (Fsp3) is 0.611. The van der Waals surface area contributed by atoms with Crippen molar-refractivity contribution in [1.82, 2.24) is 0 Å². The zero-order chi connectivity index (χ0) is 14.0.